The number of hydrogen-bond donors (Lipinski definition) is 2. The van der Waals surface area contributed by atoms with Gasteiger partial charge in [0.2, 0.25) is 0 Å². The average Bonchev–Trinajstić information content (AvgIpc) is 2.78. The van der Waals surface area contributed by atoms with Gasteiger partial charge in [0.05, 0.1) is 11.6 Å². The van der Waals surface area contributed by atoms with E-state index in [-0.39, 0.29) is 0 Å². The number of piperidine rings is 1. The van der Waals surface area contributed by atoms with Crippen molar-refractivity contribution in [1.29, 1.82) is 0 Å². The van der Waals surface area contributed by atoms with Crippen molar-refractivity contribution in [3.05, 3.63) is 12.5 Å². The van der Waals surface area contributed by atoms with Crippen molar-refractivity contribution < 1.29 is 0 Å². The van der Waals surface area contributed by atoms with Crippen LogP contribution in [0.5, 0.6) is 0 Å². The zero-order chi connectivity index (χ0) is 11.7. The lowest BCUT2D eigenvalue weighted by Gasteiger charge is -2.28. The van der Waals surface area contributed by atoms with Crippen LogP contribution in [0.15, 0.2) is 12.5 Å². The molecule has 1 fully saturated rings. The van der Waals surface area contributed by atoms with E-state index >= 15 is 0 Å². The van der Waals surface area contributed by atoms with Crippen LogP contribution in [-0.2, 0) is 0 Å². The number of aromatic nitrogens is 4. The van der Waals surface area contributed by atoms with Gasteiger partial charge in [-0.25, -0.2) is 14.4 Å². The fraction of sp³-hybridized carbons (Fsp3) is 0.500. The molecule has 0 spiro atoms. The first-order chi connectivity index (χ1) is 8.33. The van der Waals surface area contributed by atoms with Crippen LogP contribution < -0.4 is 5.32 Å². The van der Waals surface area contributed by atoms with Crippen molar-refractivity contribution in [2.24, 2.45) is 0 Å². The molecule has 0 radical (unpaired) electrons. The van der Waals surface area contributed by atoms with Crippen molar-refractivity contribution in [1.82, 2.24) is 24.6 Å². The summed E-state index contributed by atoms with van der Waals surface area (Å²) >= 11 is 6.02. The quantitative estimate of drug-likeness (QED) is 0.791. The van der Waals surface area contributed by atoms with Crippen molar-refractivity contribution in [3.8, 4) is 0 Å². The van der Waals surface area contributed by atoms with E-state index in [1.54, 1.807) is 6.20 Å². The third-order valence-corrected chi connectivity index (χ3v) is 3.27. The predicted octanol–water partition coefficient (Wildman–Crippen LogP) is 1.38. The molecule has 7 heteroatoms. The number of nitrogens with one attached hydrogen (secondary N) is 2. The second-order valence-electron chi connectivity index (χ2n) is 4.21. The Balaban J connectivity index is 1.82. The third kappa shape index (κ3) is 2.18. The van der Waals surface area contributed by atoms with Gasteiger partial charge >= 0.3 is 0 Å². The van der Waals surface area contributed by atoms with Crippen LogP contribution in [0, 0.1) is 0 Å². The molecule has 3 rings (SSSR count). The van der Waals surface area contributed by atoms with Crippen molar-refractivity contribution in [3.63, 3.8) is 0 Å². The van der Waals surface area contributed by atoms with Gasteiger partial charge in [0, 0.05) is 19.1 Å². The van der Waals surface area contributed by atoms with Gasteiger partial charge in [-0.3, -0.25) is 5.10 Å². The number of hydrogen-bond acceptors (Lipinski definition) is 5. The SMILES string of the molecule is ClN1CCC[C@H](Nc2ncnc3[nH]ncc23)C1. The molecule has 2 aromatic rings. The zero-order valence-corrected chi connectivity index (χ0v) is 9.98. The first kappa shape index (κ1) is 10.7. The summed E-state index contributed by atoms with van der Waals surface area (Å²) in [5.41, 5.74) is 0.751. The Morgan fingerprint density at radius 1 is 1.47 bits per heavy atom. The number of fused-ring (bicyclic) bond motifs is 1. The number of rotatable bonds is 2. The summed E-state index contributed by atoms with van der Waals surface area (Å²) in [4.78, 5) is 8.36. The minimum atomic E-state index is 0.328. The lowest BCUT2D eigenvalue weighted by atomic mass is 10.1. The molecule has 6 nitrogen and oxygen atoms in total. The normalized spacial score (nSPS) is 21.8. The number of nitrogens with zero attached hydrogens (tertiary/aromatic N) is 4. The largest absolute Gasteiger partial charge is 0.365 e. The zero-order valence-electron chi connectivity index (χ0n) is 9.23. The highest BCUT2D eigenvalue weighted by molar-refractivity contribution is 6.13. The lowest BCUT2D eigenvalue weighted by molar-refractivity contribution is 0.345. The third-order valence-electron chi connectivity index (χ3n) is 2.96. The maximum atomic E-state index is 6.02. The summed E-state index contributed by atoms with van der Waals surface area (Å²) in [6.07, 6.45) is 5.47. The Kier molecular flexibility index (Phi) is 2.82. The minimum absolute atomic E-state index is 0.328. The summed E-state index contributed by atoms with van der Waals surface area (Å²) < 4.78 is 1.81. The average molecular weight is 253 g/mol. The number of halogens is 1. The molecule has 3 heterocycles. The van der Waals surface area contributed by atoms with Gasteiger partial charge in [0.25, 0.3) is 0 Å². The molecule has 1 saturated heterocycles. The van der Waals surface area contributed by atoms with E-state index in [1.165, 1.54) is 6.33 Å². The Bertz CT molecular complexity index is 512. The summed E-state index contributed by atoms with van der Waals surface area (Å²) in [7, 11) is 0. The molecule has 2 N–H and O–H groups in total. The molecule has 1 aliphatic rings. The van der Waals surface area contributed by atoms with Gasteiger partial charge in [-0.2, -0.15) is 5.10 Å². The fourth-order valence-corrected chi connectivity index (χ4v) is 2.41. The van der Waals surface area contributed by atoms with Gasteiger partial charge in [-0.1, -0.05) is 0 Å². The maximum absolute atomic E-state index is 6.02. The van der Waals surface area contributed by atoms with E-state index in [0.29, 0.717) is 6.04 Å². The first-order valence-corrected chi connectivity index (χ1v) is 5.98. The van der Waals surface area contributed by atoms with E-state index in [2.05, 4.69) is 25.5 Å². The molecule has 0 saturated carbocycles. The molecule has 17 heavy (non-hydrogen) atoms. The summed E-state index contributed by atoms with van der Waals surface area (Å²) in [5, 5.41) is 11.1. The molecule has 1 atom stereocenters. The highest BCUT2D eigenvalue weighted by Gasteiger charge is 2.19. The number of aromatic amines is 1. The molecule has 90 valence electrons. The monoisotopic (exact) mass is 252 g/mol. The lowest BCUT2D eigenvalue weighted by Crippen LogP contribution is -2.37. The van der Waals surface area contributed by atoms with E-state index < -0.39 is 0 Å². The highest BCUT2D eigenvalue weighted by atomic mass is 35.5. The van der Waals surface area contributed by atoms with E-state index in [0.717, 1.165) is 42.8 Å². The summed E-state index contributed by atoms with van der Waals surface area (Å²) in [5.74, 6) is 0.820. The molecule has 0 aliphatic carbocycles. The number of H-pyrrole nitrogens is 1. The van der Waals surface area contributed by atoms with Crippen LogP contribution in [0.1, 0.15) is 12.8 Å². The van der Waals surface area contributed by atoms with Gasteiger partial charge in [-0.15, -0.1) is 0 Å². The molecular formula is C10H13ClN6. The molecule has 0 aromatic carbocycles. The molecule has 0 unspecified atom stereocenters. The van der Waals surface area contributed by atoms with Gasteiger partial charge < -0.3 is 5.32 Å². The fourth-order valence-electron chi connectivity index (χ4n) is 2.12. The summed E-state index contributed by atoms with van der Waals surface area (Å²) in [6, 6.07) is 0.328. The van der Waals surface area contributed by atoms with Crippen LogP contribution in [0.25, 0.3) is 11.0 Å². The molecule has 0 amide bonds. The topological polar surface area (TPSA) is 69.7 Å². The van der Waals surface area contributed by atoms with Crippen LogP contribution >= 0.6 is 11.8 Å². The van der Waals surface area contributed by atoms with Crippen LogP contribution in [-0.4, -0.2) is 43.7 Å². The Morgan fingerprint density at radius 3 is 3.29 bits per heavy atom. The van der Waals surface area contributed by atoms with Gasteiger partial charge in [-0.05, 0) is 24.6 Å². The second-order valence-corrected chi connectivity index (χ2v) is 4.68. The Labute approximate surface area is 103 Å². The van der Waals surface area contributed by atoms with Gasteiger partial charge in [0.1, 0.15) is 12.1 Å². The molecule has 2 aromatic heterocycles. The van der Waals surface area contributed by atoms with E-state index in [9.17, 15) is 0 Å². The molecule has 1 aliphatic heterocycles. The van der Waals surface area contributed by atoms with Crippen molar-refractivity contribution in [2.45, 2.75) is 18.9 Å². The standard InChI is InChI=1S/C10H13ClN6/c11-17-3-1-2-7(5-17)15-9-8-4-14-16-10(8)13-6-12-9/h4,6-7H,1-3,5H2,(H2,12,13,14,15,16)/t7-/m0/s1. The van der Waals surface area contributed by atoms with Crippen LogP contribution in [0.2, 0.25) is 0 Å². The Morgan fingerprint density at radius 2 is 2.41 bits per heavy atom. The highest BCUT2D eigenvalue weighted by Crippen LogP contribution is 2.20. The van der Waals surface area contributed by atoms with E-state index in [1.807, 2.05) is 4.42 Å². The van der Waals surface area contributed by atoms with Gasteiger partial charge in [0.15, 0.2) is 5.65 Å². The van der Waals surface area contributed by atoms with Crippen LogP contribution in [0.3, 0.4) is 0 Å². The second kappa shape index (κ2) is 4.46. The smallest absolute Gasteiger partial charge is 0.160 e. The number of anilines is 1. The first-order valence-electron chi connectivity index (χ1n) is 5.64. The van der Waals surface area contributed by atoms with E-state index in [4.69, 9.17) is 11.8 Å². The van der Waals surface area contributed by atoms with Crippen LogP contribution in [0.4, 0.5) is 5.82 Å². The molecule has 0 bridgehead atoms. The Hall–Kier alpha value is -1.40. The summed E-state index contributed by atoms with van der Waals surface area (Å²) in [6.45, 7) is 1.77. The minimum Gasteiger partial charge on any atom is -0.365 e. The predicted molar refractivity (Wildman–Crippen MR) is 65.8 cm³/mol. The molecular weight excluding hydrogens is 240 g/mol. The van der Waals surface area contributed by atoms with Crippen molar-refractivity contribution in [2.75, 3.05) is 18.4 Å². The maximum Gasteiger partial charge on any atom is 0.160 e. The van der Waals surface area contributed by atoms with Crippen molar-refractivity contribution >= 4 is 28.6 Å².